The first-order valence-electron chi connectivity index (χ1n) is 5.43. The highest BCUT2D eigenvalue weighted by molar-refractivity contribution is 7.15. The molecule has 2 aromatic heterocycles. The number of rotatable bonds is 5. The molecule has 0 saturated heterocycles. The van der Waals surface area contributed by atoms with Gasteiger partial charge in [-0.05, 0) is 13.0 Å². The number of nitrogens with one attached hydrogen (secondary N) is 1. The van der Waals surface area contributed by atoms with E-state index in [9.17, 15) is 0 Å². The molecular weight excluding hydrogens is 238 g/mol. The summed E-state index contributed by atoms with van der Waals surface area (Å²) in [5.74, 6) is 0. The molecule has 0 fully saturated rings. The van der Waals surface area contributed by atoms with Gasteiger partial charge in [-0.25, -0.2) is 9.97 Å². The Morgan fingerprint density at radius 3 is 2.88 bits per heavy atom. The highest BCUT2D eigenvalue weighted by atomic mass is 32.1. The molecule has 0 amide bonds. The van der Waals surface area contributed by atoms with Crippen molar-refractivity contribution < 1.29 is 0 Å². The lowest BCUT2D eigenvalue weighted by atomic mass is 10.3. The van der Waals surface area contributed by atoms with Crippen molar-refractivity contribution in [1.82, 2.24) is 15.3 Å². The minimum Gasteiger partial charge on any atom is -0.312 e. The van der Waals surface area contributed by atoms with Gasteiger partial charge in [-0.2, -0.15) is 0 Å². The van der Waals surface area contributed by atoms with Crippen LogP contribution in [-0.4, -0.2) is 16.5 Å². The van der Waals surface area contributed by atoms with Crippen LogP contribution in [0.5, 0.6) is 0 Å². The second-order valence-corrected chi connectivity index (χ2v) is 5.20. The quantitative estimate of drug-likeness (QED) is 0.890. The Kier molecular flexibility index (Phi) is 4.04. The van der Waals surface area contributed by atoms with Gasteiger partial charge in [0.1, 0.15) is 10.7 Å². The number of aryl methyl sites for hydroxylation is 1. The number of nitrogens with zero attached hydrogens (tertiary/aromatic N) is 2. The summed E-state index contributed by atoms with van der Waals surface area (Å²) < 4.78 is 0. The Bertz CT molecular complexity index is 434. The maximum atomic E-state index is 4.65. The molecule has 0 spiro atoms. The third kappa shape index (κ3) is 2.48. The molecule has 1 N–H and O–H groups in total. The molecule has 0 aliphatic rings. The predicted octanol–water partition coefficient (Wildman–Crippen LogP) is 2.94. The van der Waals surface area contributed by atoms with Gasteiger partial charge >= 0.3 is 0 Å². The van der Waals surface area contributed by atoms with Gasteiger partial charge in [0, 0.05) is 16.8 Å². The summed E-state index contributed by atoms with van der Waals surface area (Å²) in [6, 6.07) is 0. The Labute approximate surface area is 104 Å². The lowest BCUT2D eigenvalue weighted by Gasteiger charge is -1.99. The topological polar surface area (TPSA) is 37.8 Å². The van der Waals surface area contributed by atoms with Crippen molar-refractivity contribution >= 4 is 22.7 Å². The second kappa shape index (κ2) is 5.52. The number of hydrogen-bond donors (Lipinski definition) is 1. The zero-order chi connectivity index (χ0) is 11.4. The van der Waals surface area contributed by atoms with E-state index in [2.05, 4.69) is 34.5 Å². The molecule has 0 aliphatic heterocycles. The monoisotopic (exact) mass is 253 g/mol. The smallest absolute Gasteiger partial charge is 0.143 e. The van der Waals surface area contributed by atoms with Crippen molar-refractivity contribution in [3.8, 4) is 10.7 Å². The Morgan fingerprint density at radius 1 is 1.38 bits per heavy atom. The third-order valence-electron chi connectivity index (χ3n) is 2.30. The molecule has 0 saturated carbocycles. The van der Waals surface area contributed by atoms with E-state index >= 15 is 0 Å². The van der Waals surface area contributed by atoms with Crippen LogP contribution in [0.25, 0.3) is 10.7 Å². The van der Waals surface area contributed by atoms with E-state index in [0.717, 1.165) is 30.2 Å². The van der Waals surface area contributed by atoms with Crippen LogP contribution in [0.2, 0.25) is 0 Å². The highest BCUT2D eigenvalue weighted by Gasteiger charge is 2.11. The Balaban J connectivity index is 2.25. The van der Waals surface area contributed by atoms with Crippen LogP contribution in [0.3, 0.4) is 0 Å². The number of thiazole rings is 2. The maximum absolute atomic E-state index is 4.65. The van der Waals surface area contributed by atoms with Crippen molar-refractivity contribution in [2.24, 2.45) is 0 Å². The molecule has 86 valence electrons. The average Bonchev–Trinajstić information content (AvgIpc) is 2.94. The number of hydrogen-bond acceptors (Lipinski definition) is 5. The minimum atomic E-state index is 0.918. The maximum Gasteiger partial charge on any atom is 0.143 e. The molecule has 16 heavy (non-hydrogen) atoms. The van der Waals surface area contributed by atoms with Crippen LogP contribution in [0.1, 0.15) is 24.4 Å². The summed E-state index contributed by atoms with van der Waals surface area (Å²) in [5, 5.41) is 6.45. The molecule has 0 radical (unpaired) electrons. The highest BCUT2D eigenvalue weighted by Crippen LogP contribution is 2.28. The fraction of sp³-hybridized carbons (Fsp3) is 0.455. The lowest BCUT2D eigenvalue weighted by Crippen LogP contribution is -2.11. The second-order valence-electron chi connectivity index (χ2n) is 3.40. The SMILES string of the molecule is CCNCc1sc(-c2cscn2)nc1CC. The number of aromatic nitrogens is 2. The molecule has 0 aliphatic carbocycles. The first-order chi connectivity index (χ1) is 7.85. The summed E-state index contributed by atoms with van der Waals surface area (Å²) in [6.45, 7) is 6.18. The molecular formula is C11H15N3S2. The van der Waals surface area contributed by atoms with Gasteiger partial charge in [0.2, 0.25) is 0 Å². The molecule has 0 aromatic carbocycles. The Hall–Kier alpha value is -0.780. The summed E-state index contributed by atoms with van der Waals surface area (Å²) in [4.78, 5) is 10.3. The standard InChI is InChI=1S/C11H15N3S2/c1-3-8-10(5-12-4-2)16-11(14-8)9-6-15-7-13-9/h6-7,12H,3-5H2,1-2H3. The van der Waals surface area contributed by atoms with E-state index in [1.165, 1.54) is 10.6 Å². The van der Waals surface area contributed by atoms with Crippen LogP contribution >= 0.6 is 22.7 Å². The molecule has 3 nitrogen and oxygen atoms in total. The van der Waals surface area contributed by atoms with Gasteiger partial charge in [-0.1, -0.05) is 13.8 Å². The summed E-state index contributed by atoms with van der Waals surface area (Å²) in [6.07, 6.45) is 0.987. The van der Waals surface area contributed by atoms with E-state index in [1.807, 2.05) is 5.51 Å². The third-order valence-corrected chi connectivity index (χ3v) is 4.01. The van der Waals surface area contributed by atoms with Crippen LogP contribution in [0, 0.1) is 0 Å². The van der Waals surface area contributed by atoms with E-state index in [1.54, 1.807) is 22.7 Å². The molecule has 0 atom stereocenters. The molecule has 5 heteroatoms. The summed E-state index contributed by atoms with van der Waals surface area (Å²) >= 11 is 3.37. The van der Waals surface area contributed by atoms with Crippen LogP contribution in [0.15, 0.2) is 10.9 Å². The fourth-order valence-corrected chi connectivity index (χ4v) is 3.16. The fourth-order valence-electron chi connectivity index (χ4n) is 1.46. The first-order valence-corrected chi connectivity index (χ1v) is 7.19. The zero-order valence-corrected chi connectivity index (χ0v) is 11.1. The minimum absolute atomic E-state index is 0.918. The van der Waals surface area contributed by atoms with E-state index in [-0.39, 0.29) is 0 Å². The van der Waals surface area contributed by atoms with Crippen LogP contribution in [0.4, 0.5) is 0 Å². The van der Waals surface area contributed by atoms with Crippen molar-refractivity contribution in [3.05, 3.63) is 21.5 Å². The molecule has 2 aromatic rings. The van der Waals surface area contributed by atoms with Crippen molar-refractivity contribution in [2.75, 3.05) is 6.54 Å². The first kappa shape index (κ1) is 11.7. The normalized spacial score (nSPS) is 10.9. The largest absolute Gasteiger partial charge is 0.312 e. The molecule has 0 unspecified atom stereocenters. The molecule has 0 bridgehead atoms. The van der Waals surface area contributed by atoms with E-state index in [4.69, 9.17) is 0 Å². The Morgan fingerprint density at radius 2 is 2.25 bits per heavy atom. The van der Waals surface area contributed by atoms with Gasteiger partial charge in [0.05, 0.1) is 11.2 Å². The predicted molar refractivity (Wildman–Crippen MR) is 70.0 cm³/mol. The van der Waals surface area contributed by atoms with Gasteiger partial charge < -0.3 is 5.32 Å². The zero-order valence-electron chi connectivity index (χ0n) is 9.49. The molecule has 2 heterocycles. The van der Waals surface area contributed by atoms with Crippen molar-refractivity contribution in [3.63, 3.8) is 0 Å². The van der Waals surface area contributed by atoms with E-state index < -0.39 is 0 Å². The van der Waals surface area contributed by atoms with E-state index in [0.29, 0.717) is 0 Å². The average molecular weight is 253 g/mol. The summed E-state index contributed by atoms with van der Waals surface area (Å²) in [5.41, 5.74) is 4.06. The van der Waals surface area contributed by atoms with Crippen molar-refractivity contribution in [2.45, 2.75) is 26.8 Å². The van der Waals surface area contributed by atoms with Gasteiger partial charge in [-0.15, -0.1) is 22.7 Å². The molecule has 2 rings (SSSR count). The van der Waals surface area contributed by atoms with Gasteiger partial charge in [0.15, 0.2) is 0 Å². The van der Waals surface area contributed by atoms with Crippen LogP contribution < -0.4 is 5.32 Å². The van der Waals surface area contributed by atoms with Gasteiger partial charge in [0.25, 0.3) is 0 Å². The van der Waals surface area contributed by atoms with Crippen molar-refractivity contribution in [1.29, 1.82) is 0 Å². The van der Waals surface area contributed by atoms with Crippen LogP contribution in [-0.2, 0) is 13.0 Å². The van der Waals surface area contributed by atoms with Gasteiger partial charge in [-0.3, -0.25) is 0 Å². The summed E-state index contributed by atoms with van der Waals surface area (Å²) in [7, 11) is 0. The lowest BCUT2D eigenvalue weighted by molar-refractivity contribution is 0.727.